The number of fused-ring (bicyclic) bond motifs is 1. The molecule has 1 aliphatic rings. The van der Waals surface area contributed by atoms with Gasteiger partial charge in [-0.3, -0.25) is 0 Å². The summed E-state index contributed by atoms with van der Waals surface area (Å²) < 4.78 is 0. The Morgan fingerprint density at radius 3 is 2.65 bits per heavy atom. The smallest absolute Gasteiger partial charge is 0.0456 e. The van der Waals surface area contributed by atoms with Crippen molar-refractivity contribution in [3.8, 4) is 0 Å². The van der Waals surface area contributed by atoms with E-state index < -0.39 is 0 Å². The zero-order chi connectivity index (χ0) is 17.8. The minimum Gasteiger partial charge on any atom is -0.361 e. The van der Waals surface area contributed by atoms with Crippen LogP contribution in [0, 0.1) is 0 Å². The molecule has 26 heavy (non-hydrogen) atoms. The summed E-state index contributed by atoms with van der Waals surface area (Å²) in [5, 5.41) is 1.39. The molecule has 2 nitrogen and oxygen atoms in total. The van der Waals surface area contributed by atoms with Gasteiger partial charge in [0.25, 0.3) is 0 Å². The van der Waals surface area contributed by atoms with Gasteiger partial charge in [0.05, 0.1) is 0 Å². The monoisotopic (exact) mass is 346 g/mol. The summed E-state index contributed by atoms with van der Waals surface area (Å²) in [6, 6.07) is 20.4. The number of piperidine rings is 1. The summed E-state index contributed by atoms with van der Waals surface area (Å²) in [6.45, 7) is 4.90. The number of aromatic nitrogens is 1. The van der Waals surface area contributed by atoms with Crippen LogP contribution in [0.5, 0.6) is 0 Å². The molecule has 1 fully saturated rings. The summed E-state index contributed by atoms with van der Waals surface area (Å²) in [7, 11) is 0. The van der Waals surface area contributed by atoms with Crippen LogP contribution in [-0.2, 0) is 6.42 Å². The second kappa shape index (κ2) is 8.09. The first-order chi connectivity index (χ1) is 12.8. The molecule has 2 heterocycles. The van der Waals surface area contributed by atoms with Crippen LogP contribution < -0.4 is 0 Å². The van der Waals surface area contributed by atoms with Gasteiger partial charge in [-0.25, -0.2) is 0 Å². The number of hydrogen-bond acceptors (Lipinski definition) is 1. The van der Waals surface area contributed by atoms with Crippen molar-refractivity contribution in [1.82, 2.24) is 9.88 Å². The molecule has 0 saturated carbocycles. The van der Waals surface area contributed by atoms with Gasteiger partial charge in [-0.2, -0.15) is 0 Å². The van der Waals surface area contributed by atoms with Crippen LogP contribution in [0.2, 0.25) is 0 Å². The summed E-state index contributed by atoms with van der Waals surface area (Å²) in [5.41, 5.74) is 4.26. The van der Waals surface area contributed by atoms with Crippen molar-refractivity contribution >= 4 is 10.9 Å². The van der Waals surface area contributed by atoms with Crippen LogP contribution >= 0.6 is 0 Å². The number of para-hydroxylation sites is 1. The zero-order valence-electron chi connectivity index (χ0n) is 15.8. The molecule has 2 unspecified atom stereocenters. The van der Waals surface area contributed by atoms with Crippen LogP contribution in [0.15, 0.2) is 60.8 Å². The highest BCUT2D eigenvalue weighted by Gasteiger charge is 2.25. The molecule has 136 valence electrons. The van der Waals surface area contributed by atoms with Gasteiger partial charge in [-0.05, 0) is 75.2 Å². The van der Waals surface area contributed by atoms with Gasteiger partial charge >= 0.3 is 0 Å². The lowest BCUT2D eigenvalue weighted by Crippen LogP contribution is -2.40. The Morgan fingerprint density at radius 1 is 1.00 bits per heavy atom. The molecular weight excluding hydrogens is 316 g/mol. The summed E-state index contributed by atoms with van der Waals surface area (Å²) in [5.74, 6) is 0.744. The molecule has 0 aliphatic carbocycles. The predicted molar refractivity (Wildman–Crippen MR) is 111 cm³/mol. The Labute approximate surface area is 157 Å². The molecule has 1 aliphatic heterocycles. The van der Waals surface area contributed by atoms with E-state index in [2.05, 4.69) is 77.6 Å². The molecule has 0 amide bonds. The Hall–Kier alpha value is -2.06. The van der Waals surface area contributed by atoms with E-state index in [4.69, 9.17) is 0 Å². The van der Waals surface area contributed by atoms with Crippen molar-refractivity contribution in [3.05, 3.63) is 71.9 Å². The minimum atomic E-state index is 0.696. The third-order valence-corrected chi connectivity index (χ3v) is 6.10. The number of aromatic amines is 1. The minimum absolute atomic E-state index is 0.696. The van der Waals surface area contributed by atoms with E-state index in [-0.39, 0.29) is 0 Å². The molecule has 2 aromatic carbocycles. The van der Waals surface area contributed by atoms with E-state index in [0.29, 0.717) is 6.04 Å². The average Bonchev–Trinajstić information content (AvgIpc) is 3.10. The summed E-state index contributed by atoms with van der Waals surface area (Å²) in [6.07, 6.45) is 8.54. The first-order valence-corrected chi connectivity index (χ1v) is 10.2. The molecule has 0 radical (unpaired) electrons. The second-order valence-electron chi connectivity index (χ2n) is 7.83. The molecule has 2 atom stereocenters. The van der Waals surface area contributed by atoms with Crippen molar-refractivity contribution in [1.29, 1.82) is 0 Å². The maximum Gasteiger partial charge on any atom is 0.0456 e. The summed E-state index contributed by atoms with van der Waals surface area (Å²) >= 11 is 0. The quantitative estimate of drug-likeness (QED) is 0.562. The normalized spacial score (nSPS) is 21.3. The average molecular weight is 347 g/mol. The first-order valence-electron chi connectivity index (χ1n) is 10.2. The van der Waals surface area contributed by atoms with Gasteiger partial charge in [0.1, 0.15) is 0 Å². The van der Waals surface area contributed by atoms with Crippen LogP contribution in [0.4, 0.5) is 0 Å². The number of nitrogens with one attached hydrogen (secondary N) is 1. The maximum atomic E-state index is 3.40. The van der Waals surface area contributed by atoms with Gasteiger partial charge in [0.2, 0.25) is 0 Å². The van der Waals surface area contributed by atoms with Gasteiger partial charge < -0.3 is 9.88 Å². The van der Waals surface area contributed by atoms with Gasteiger partial charge in [0.15, 0.2) is 0 Å². The highest BCUT2D eigenvalue weighted by Crippen LogP contribution is 2.31. The van der Waals surface area contributed by atoms with Crippen LogP contribution in [0.25, 0.3) is 10.9 Å². The van der Waals surface area contributed by atoms with Crippen molar-refractivity contribution < 1.29 is 0 Å². The maximum absolute atomic E-state index is 3.40. The fourth-order valence-electron chi connectivity index (χ4n) is 4.55. The lowest BCUT2D eigenvalue weighted by atomic mass is 9.86. The number of likely N-dealkylation sites (tertiary alicyclic amines) is 1. The zero-order valence-corrected chi connectivity index (χ0v) is 15.8. The largest absolute Gasteiger partial charge is 0.361 e. The van der Waals surface area contributed by atoms with E-state index in [1.807, 2.05) is 0 Å². The van der Waals surface area contributed by atoms with Gasteiger partial charge in [0, 0.05) is 23.1 Å². The number of unbranched alkanes of at least 4 members (excludes halogenated alkanes) is 1. The van der Waals surface area contributed by atoms with Crippen LogP contribution in [-0.4, -0.2) is 29.0 Å². The predicted octanol–water partition coefficient (Wildman–Crippen LogP) is 5.76. The number of aryl methyl sites for hydroxylation is 1. The third-order valence-electron chi connectivity index (χ3n) is 6.10. The second-order valence-corrected chi connectivity index (χ2v) is 7.83. The number of hydrogen-bond donors (Lipinski definition) is 1. The number of H-pyrrole nitrogens is 1. The van der Waals surface area contributed by atoms with E-state index in [1.54, 1.807) is 0 Å². The molecular formula is C24H30N2. The molecule has 0 spiro atoms. The summed E-state index contributed by atoms with van der Waals surface area (Å²) in [4.78, 5) is 6.10. The van der Waals surface area contributed by atoms with E-state index in [1.165, 1.54) is 67.2 Å². The number of nitrogens with zero attached hydrogens (tertiary/aromatic N) is 1. The highest BCUT2D eigenvalue weighted by atomic mass is 15.2. The molecule has 1 saturated heterocycles. The number of rotatable bonds is 6. The molecule has 1 N–H and O–H groups in total. The van der Waals surface area contributed by atoms with E-state index in [9.17, 15) is 0 Å². The Bertz CT molecular complexity index is 820. The van der Waals surface area contributed by atoms with Crippen molar-refractivity contribution in [2.75, 3.05) is 13.1 Å². The van der Waals surface area contributed by atoms with Crippen LogP contribution in [0.1, 0.15) is 49.7 Å². The topological polar surface area (TPSA) is 19.0 Å². The molecule has 0 bridgehead atoms. The lowest BCUT2D eigenvalue weighted by Gasteiger charge is -2.38. The van der Waals surface area contributed by atoms with Crippen molar-refractivity contribution in [2.45, 2.75) is 51.0 Å². The molecule has 1 aromatic heterocycles. The Kier molecular flexibility index (Phi) is 5.40. The van der Waals surface area contributed by atoms with Gasteiger partial charge in [-0.1, -0.05) is 48.5 Å². The van der Waals surface area contributed by atoms with Crippen molar-refractivity contribution in [2.24, 2.45) is 0 Å². The molecule has 3 aromatic rings. The van der Waals surface area contributed by atoms with E-state index >= 15 is 0 Å². The third kappa shape index (κ3) is 3.86. The standard InChI is InChI=1S/C24H30N2/c1-19-17-21(20-9-3-2-4-10-20)14-16-26(19)15-8-7-11-22-18-25-24-13-6-5-12-23(22)24/h2-6,9-10,12-13,18-19,21,25H,7-8,11,14-17H2,1H3. The Balaban J connectivity index is 1.24. The van der Waals surface area contributed by atoms with Crippen molar-refractivity contribution in [3.63, 3.8) is 0 Å². The lowest BCUT2D eigenvalue weighted by molar-refractivity contribution is 0.144. The van der Waals surface area contributed by atoms with Crippen LogP contribution in [0.3, 0.4) is 0 Å². The van der Waals surface area contributed by atoms with E-state index in [0.717, 1.165) is 5.92 Å². The SMILES string of the molecule is CC1CC(c2ccccc2)CCN1CCCCc1c[nH]c2ccccc12. The number of benzene rings is 2. The first kappa shape index (κ1) is 17.4. The fourth-order valence-corrected chi connectivity index (χ4v) is 4.55. The molecule has 2 heteroatoms. The molecule has 4 rings (SSSR count). The fraction of sp³-hybridized carbons (Fsp3) is 0.417. The highest BCUT2D eigenvalue weighted by molar-refractivity contribution is 5.82. The Morgan fingerprint density at radius 2 is 1.81 bits per heavy atom. The van der Waals surface area contributed by atoms with Gasteiger partial charge in [-0.15, -0.1) is 0 Å².